The Morgan fingerprint density at radius 2 is 1.88 bits per heavy atom. The molecule has 2 amide bonds. The molecule has 0 aromatic heterocycles. The summed E-state index contributed by atoms with van der Waals surface area (Å²) in [6.07, 6.45) is 4.97. The fourth-order valence-corrected chi connectivity index (χ4v) is 2.32. The molecule has 0 unspecified atom stereocenters. The first-order valence-electron chi connectivity index (χ1n) is 6.23. The molecule has 1 aliphatic carbocycles. The number of amides is 2. The maximum absolute atomic E-state index is 11.8. The molecule has 0 N–H and O–H groups in total. The molecule has 1 saturated heterocycles. The first-order valence-corrected chi connectivity index (χ1v) is 6.23. The Kier molecular flexibility index (Phi) is 3.46. The van der Waals surface area contributed by atoms with Crippen molar-refractivity contribution in [3.8, 4) is 0 Å². The first kappa shape index (κ1) is 11.4. The van der Waals surface area contributed by atoms with Crippen LogP contribution in [0, 0.1) is 0 Å². The van der Waals surface area contributed by atoms with Gasteiger partial charge in [-0.2, -0.15) is 0 Å². The number of hydrogen-bond acceptors (Lipinski definition) is 2. The van der Waals surface area contributed by atoms with Crippen molar-refractivity contribution in [1.29, 1.82) is 0 Å². The lowest BCUT2D eigenvalue weighted by Crippen LogP contribution is -2.36. The molecular weight excluding hydrogens is 204 g/mol. The molecule has 1 heterocycles. The van der Waals surface area contributed by atoms with Gasteiger partial charge in [-0.1, -0.05) is 0 Å². The van der Waals surface area contributed by atoms with Crippen molar-refractivity contribution in [3.05, 3.63) is 0 Å². The summed E-state index contributed by atoms with van der Waals surface area (Å²) in [5, 5.41) is 0. The third kappa shape index (κ3) is 2.74. The fraction of sp³-hybridized carbons (Fsp3) is 0.833. The topological polar surface area (TPSA) is 40.6 Å². The highest BCUT2D eigenvalue weighted by molar-refractivity contribution is 5.78. The predicted octanol–water partition coefficient (Wildman–Crippen LogP) is 1.01. The van der Waals surface area contributed by atoms with Gasteiger partial charge in [0.15, 0.2) is 0 Å². The molecule has 0 bridgehead atoms. The molecule has 0 spiro atoms. The van der Waals surface area contributed by atoms with Gasteiger partial charge < -0.3 is 9.80 Å². The Balaban J connectivity index is 1.76. The summed E-state index contributed by atoms with van der Waals surface area (Å²) < 4.78 is 0. The summed E-state index contributed by atoms with van der Waals surface area (Å²) in [4.78, 5) is 26.9. The molecule has 1 saturated carbocycles. The minimum atomic E-state index is 0.108. The Morgan fingerprint density at radius 3 is 2.38 bits per heavy atom. The van der Waals surface area contributed by atoms with Crippen molar-refractivity contribution < 1.29 is 9.59 Å². The second kappa shape index (κ2) is 4.85. The van der Waals surface area contributed by atoms with Gasteiger partial charge in [0, 0.05) is 39.0 Å². The van der Waals surface area contributed by atoms with Crippen LogP contribution in [0.1, 0.15) is 39.0 Å². The van der Waals surface area contributed by atoms with Crippen LogP contribution in [0.2, 0.25) is 0 Å². The van der Waals surface area contributed by atoms with E-state index in [4.69, 9.17) is 0 Å². The largest absolute Gasteiger partial charge is 0.343 e. The van der Waals surface area contributed by atoms with Gasteiger partial charge in [0.25, 0.3) is 0 Å². The van der Waals surface area contributed by atoms with Crippen molar-refractivity contribution in [2.45, 2.75) is 45.1 Å². The molecule has 0 radical (unpaired) electrons. The third-order valence-electron chi connectivity index (χ3n) is 3.42. The minimum Gasteiger partial charge on any atom is -0.343 e. The third-order valence-corrected chi connectivity index (χ3v) is 3.42. The zero-order valence-electron chi connectivity index (χ0n) is 9.95. The van der Waals surface area contributed by atoms with E-state index in [0.29, 0.717) is 19.0 Å². The molecule has 2 aliphatic rings. The molecule has 0 aromatic rings. The number of likely N-dealkylation sites (tertiary alicyclic amines) is 1. The van der Waals surface area contributed by atoms with Crippen LogP contribution in [0.25, 0.3) is 0 Å². The fourth-order valence-electron chi connectivity index (χ4n) is 2.32. The summed E-state index contributed by atoms with van der Waals surface area (Å²) in [5.74, 6) is 0.320. The van der Waals surface area contributed by atoms with E-state index in [1.807, 2.05) is 9.80 Å². The smallest absolute Gasteiger partial charge is 0.224 e. The van der Waals surface area contributed by atoms with E-state index in [0.717, 1.165) is 38.8 Å². The van der Waals surface area contributed by atoms with Crippen LogP contribution >= 0.6 is 0 Å². The lowest BCUT2D eigenvalue weighted by Gasteiger charge is -2.22. The Bertz CT molecular complexity index is 281. The second-order valence-electron chi connectivity index (χ2n) is 4.78. The second-order valence-corrected chi connectivity index (χ2v) is 4.78. The molecule has 4 heteroatoms. The summed E-state index contributed by atoms with van der Waals surface area (Å²) >= 11 is 0. The standard InChI is InChI=1S/C12H20N2O2/c1-10(15)14(11-4-5-11)9-6-12(16)13-7-2-3-8-13/h11H,2-9H2,1H3. The Hall–Kier alpha value is -1.06. The van der Waals surface area contributed by atoms with E-state index in [2.05, 4.69) is 0 Å². The molecule has 2 rings (SSSR count). The highest BCUT2D eigenvalue weighted by atomic mass is 16.2. The van der Waals surface area contributed by atoms with E-state index in [-0.39, 0.29) is 11.8 Å². The van der Waals surface area contributed by atoms with Crippen LogP contribution in [0.3, 0.4) is 0 Å². The number of rotatable bonds is 4. The number of nitrogens with zero attached hydrogens (tertiary/aromatic N) is 2. The highest BCUT2D eigenvalue weighted by Crippen LogP contribution is 2.27. The van der Waals surface area contributed by atoms with Gasteiger partial charge in [-0.25, -0.2) is 0 Å². The van der Waals surface area contributed by atoms with Gasteiger partial charge in [0.2, 0.25) is 11.8 Å². The van der Waals surface area contributed by atoms with E-state index >= 15 is 0 Å². The monoisotopic (exact) mass is 224 g/mol. The van der Waals surface area contributed by atoms with E-state index < -0.39 is 0 Å². The maximum atomic E-state index is 11.8. The molecule has 16 heavy (non-hydrogen) atoms. The van der Waals surface area contributed by atoms with Crippen molar-refractivity contribution in [3.63, 3.8) is 0 Å². The molecular formula is C12H20N2O2. The van der Waals surface area contributed by atoms with E-state index in [9.17, 15) is 9.59 Å². The zero-order chi connectivity index (χ0) is 11.5. The van der Waals surface area contributed by atoms with E-state index in [1.165, 1.54) is 0 Å². The van der Waals surface area contributed by atoms with E-state index in [1.54, 1.807) is 6.92 Å². The van der Waals surface area contributed by atoms with Gasteiger partial charge in [-0.05, 0) is 25.7 Å². The summed E-state index contributed by atoms with van der Waals surface area (Å²) in [7, 11) is 0. The van der Waals surface area contributed by atoms with Gasteiger partial charge in [-0.15, -0.1) is 0 Å². The zero-order valence-corrected chi connectivity index (χ0v) is 9.95. The molecule has 90 valence electrons. The van der Waals surface area contributed by atoms with Crippen LogP contribution in [-0.2, 0) is 9.59 Å². The van der Waals surface area contributed by atoms with Crippen molar-refractivity contribution in [2.75, 3.05) is 19.6 Å². The van der Waals surface area contributed by atoms with Crippen LogP contribution in [-0.4, -0.2) is 47.3 Å². The van der Waals surface area contributed by atoms with Crippen molar-refractivity contribution in [2.24, 2.45) is 0 Å². The lowest BCUT2D eigenvalue weighted by molar-refractivity contribution is -0.133. The van der Waals surface area contributed by atoms with Crippen molar-refractivity contribution >= 4 is 11.8 Å². The Labute approximate surface area is 96.6 Å². The van der Waals surface area contributed by atoms with Crippen LogP contribution < -0.4 is 0 Å². The molecule has 0 aromatic carbocycles. The molecule has 0 atom stereocenters. The van der Waals surface area contributed by atoms with Crippen LogP contribution in [0.5, 0.6) is 0 Å². The van der Waals surface area contributed by atoms with Gasteiger partial charge >= 0.3 is 0 Å². The highest BCUT2D eigenvalue weighted by Gasteiger charge is 2.31. The SMILES string of the molecule is CC(=O)N(CCC(=O)N1CCCC1)C1CC1. The predicted molar refractivity (Wildman–Crippen MR) is 60.8 cm³/mol. The summed E-state index contributed by atoms with van der Waals surface area (Å²) in [5.41, 5.74) is 0. The van der Waals surface area contributed by atoms with Gasteiger partial charge in [0.05, 0.1) is 0 Å². The minimum absolute atomic E-state index is 0.108. The molecule has 2 fully saturated rings. The number of hydrogen-bond donors (Lipinski definition) is 0. The number of carbonyl (C=O) groups is 2. The normalized spacial score (nSPS) is 19.9. The van der Waals surface area contributed by atoms with Gasteiger partial charge in [-0.3, -0.25) is 9.59 Å². The van der Waals surface area contributed by atoms with Crippen LogP contribution in [0.4, 0.5) is 0 Å². The average Bonchev–Trinajstić information content (AvgIpc) is 2.93. The average molecular weight is 224 g/mol. The quantitative estimate of drug-likeness (QED) is 0.715. The maximum Gasteiger partial charge on any atom is 0.224 e. The molecule has 1 aliphatic heterocycles. The van der Waals surface area contributed by atoms with Crippen molar-refractivity contribution in [1.82, 2.24) is 9.80 Å². The number of carbonyl (C=O) groups excluding carboxylic acids is 2. The Morgan fingerprint density at radius 1 is 1.25 bits per heavy atom. The van der Waals surface area contributed by atoms with Gasteiger partial charge in [0.1, 0.15) is 0 Å². The molecule has 4 nitrogen and oxygen atoms in total. The first-order chi connectivity index (χ1) is 7.68. The van der Waals surface area contributed by atoms with Crippen LogP contribution in [0.15, 0.2) is 0 Å². The summed E-state index contributed by atoms with van der Waals surface area (Å²) in [6, 6.07) is 0.420. The summed E-state index contributed by atoms with van der Waals surface area (Å²) in [6.45, 7) is 4.01. The lowest BCUT2D eigenvalue weighted by atomic mass is 10.3.